The highest BCUT2D eigenvalue weighted by molar-refractivity contribution is 7.92. The molecule has 0 bridgehead atoms. The Labute approximate surface area is 150 Å². The van der Waals surface area contributed by atoms with Gasteiger partial charge in [-0.3, -0.25) is 15.1 Å². The monoisotopic (exact) mass is 374 g/mol. The zero-order valence-electron chi connectivity index (χ0n) is 14.1. The molecule has 0 saturated carbocycles. The number of sulfonamides is 1. The summed E-state index contributed by atoms with van der Waals surface area (Å²) in [4.78, 5) is 16.3. The fourth-order valence-corrected chi connectivity index (χ4v) is 2.92. The molecule has 2 amide bonds. The summed E-state index contributed by atoms with van der Waals surface area (Å²) >= 11 is 0. The van der Waals surface area contributed by atoms with Crippen LogP contribution in [0, 0.1) is 0 Å². The molecule has 2 heterocycles. The highest BCUT2D eigenvalue weighted by atomic mass is 32.2. The van der Waals surface area contributed by atoms with Gasteiger partial charge in [0.05, 0.1) is 23.2 Å². The van der Waals surface area contributed by atoms with Crippen LogP contribution in [0.5, 0.6) is 0 Å². The number of anilines is 2. The Morgan fingerprint density at radius 3 is 2.65 bits per heavy atom. The Bertz CT molecular complexity index is 1030. The minimum atomic E-state index is -3.45. The molecule has 0 spiro atoms. The maximum Gasteiger partial charge on any atom is 0.320 e. The number of nitrogens with zero attached hydrogens (tertiary/aromatic N) is 2. The zero-order chi connectivity index (χ0) is 18.7. The van der Waals surface area contributed by atoms with Gasteiger partial charge < -0.3 is 5.32 Å². The van der Waals surface area contributed by atoms with Crippen LogP contribution in [-0.2, 0) is 10.0 Å². The van der Waals surface area contributed by atoms with Crippen molar-refractivity contribution in [2.24, 2.45) is 0 Å². The number of rotatable bonds is 5. The van der Waals surface area contributed by atoms with Crippen LogP contribution in [0.2, 0.25) is 0 Å². The van der Waals surface area contributed by atoms with Crippen LogP contribution in [0.15, 0.2) is 42.6 Å². The number of carbonyl (C=O) groups excluding carboxylic acids is 1. The summed E-state index contributed by atoms with van der Waals surface area (Å²) in [5.41, 5.74) is 1.52. The van der Waals surface area contributed by atoms with Gasteiger partial charge in [-0.1, -0.05) is 30.3 Å². The van der Waals surface area contributed by atoms with Crippen molar-refractivity contribution in [3.05, 3.63) is 48.2 Å². The quantitative estimate of drug-likeness (QED) is 0.544. The average molecular weight is 374 g/mol. The van der Waals surface area contributed by atoms with Crippen molar-refractivity contribution in [2.45, 2.75) is 13.0 Å². The third-order valence-electron chi connectivity index (χ3n) is 3.62. The fourth-order valence-electron chi connectivity index (χ4n) is 2.41. The minimum absolute atomic E-state index is 0.156. The Balaban J connectivity index is 1.70. The molecule has 0 unspecified atom stereocenters. The van der Waals surface area contributed by atoms with Crippen molar-refractivity contribution in [1.29, 1.82) is 0 Å². The lowest BCUT2D eigenvalue weighted by Gasteiger charge is -2.14. The van der Waals surface area contributed by atoms with E-state index in [-0.39, 0.29) is 11.9 Å². The molecule has 136 valence electrons. The number of carbonyl (C=O) groups is 1. The molecule has 0 fully saturated rings. The predicted octanol–water partition coefficient (Wildman–Crippen LogP) is 2.21. The van der Waals surface area contributed by atoms with E-state index < -0.39 is 16.1 Å². The molecule has 3 rings (SSSR count). The van der Waals surface area contributed by atoms with Crippen LogP contribution in [0.1, 0.15) is 18.5 Å². The summed E-state index contributed by atoms with van der Waals surface area (Å²) in [5, 5.41) is 12.6. The molecule has 0 aliphatic carbocycles. The number of pyridine rings is 1. The van der Waals surface area contributed by atoms with Gasteiger partial charge in [-0.2, -0.15) is 5.10 Å². The molecule has 10 heteroatoms. The van der Waals surface area contributed by atoms with Crippen molar-refractivity contribution < 1.29 is 13.2 Å². The molecular weight excluding hydrogens is 356 g/mol. The van der Waals surface area contributed by atoms with E-state index in [1.54, 1.807) is 6.07 Å². The number of aromatic amines is 1. The highest BCUT2D eigenvalue weighted by Gasteiger charge is 2.13. The van der Waals surface area contributed by atoms with E-state index in [0.29, 0.717) is 16.7 Å². The van der Waals surface area contributed by atoms with Crippen LogP contribution in [0.25, 0.3) is 10.9 Å². The number of urea groups is 1. The van der Waals surface area contributed by atoms with E-state index in [4.69, 9.17) is 0 Å². The zero-order valence-corrected chi connectivity index (χ0v) is 15.0. The van der Waals surface area contributed by atoms with E-state index in [1.807, 2.05) is 37.3 Å². The normalized spacial score (nSPS) is 12.5. The van der Waals surface area contributed by atoms with Gasteiger partial charge in [0.25, 0.3) is 0 Å². The molecule has 2 aromatic heterocycles. The SMILES string of the molecule is C[C@@H](NC(=O)Nc1cc2[nH]nc(NS(C)(=O)=O)c2cn1)c1ccccc1. The Hall–Kier alpha value is -3.14. The maximum absolute atomic E-state index is 12.1. The molecule has 26 heavy (non-hydrogen) atoms. The lowest BCUT2D eigenvalue weighted by molar-refractivity contribution is 0.249. The topological polar surface area (TPSA) is 129 Å². The molecule has 0 radical (unpaired) electrons. The third kappa shape index (κ3) is 4.28. The molecule has 1 atom stereocenters. The number of H-pyrrole nitrogens is 1. The molecule has 0 aliphatic heterocycles. The van der Waals surface area contributed by atoms with Gasteiger partial charge >= 0.3 is 6.03 Å². The number of benzene rings is 1. The number of hydrogen-bond acceptors (Lipinski definition) is 5. The van der Waals surface area contributed by atoms with Gasteiger partial charge in [-0.25, -0.2) is 18.2 Å². The Kier molecular flexibility index (Phi) is 4.76. The summed E-state index contributed by atoms with van der Waals surface area (Å²) in [5.74, 6) is 0.466. The summed E-state index contributed by atoms with van der Waals surface area (Å²) in [6.07, 6.45) is 2.47. The van der Waals surface area contributed by atoms with Crippen molar-refractivity contribution in [3.8, 4) is 0 Å². The summed E-state index contributed by atoms with van der Waals surface area (Å²) < 4.78 is 24.9. The Morgan fingerprint density at radius 1 is 1.23 bits per heavy atom. The first-order valence-electron chi connectivity index (χ1n) is 7.76. The van der Waals surface area contributed by atoms with E-state index in [0.717, 1.165) is 11.8 Å². The van der Waals surface area contributed by atoms with Gasteiger partial charge in [0, 0.05) is 12.3 Å². The summed E-state index contributed by atoms with van der Waals surface area (Å²) in [6, 6.07) is 10.6. The lowest BCUT2D eigenvalue weighted by Crippen LogP contribution is -2.31. The second kappa shape index (κ2) is 7.00. The van der Waals surface area contributed by atoms with E-state index in [2.05, 4.69) is 30.5 Å². The fraction of sp³-hybridized carbons (Fsp3) is 0.188. The van der Waals surface area contributed by atoms with Crippen molar-refractivity contribution in [2.75, 3.05) is 16.3 Å². The smallest absolute Gasteiger partial charge is 0.320 e. The number of nitrogens with one attached hydrogen (secondary N) is 4. The van der Waals surface area contributed by atoms with E-state index in [1.165, 1.54) is 6.20 Å². The standard InChI is InChI=1S/C16H18N6O3S/c1-10(11-6-4-3-5-7-11)18-16(23)19-14-8-13-12(9-17-14)15(21-20-13)22-26(2,24)25/h3-10H,1-2H3,(H2,20,21,22)(H2,17,18,19,23)/t10-/m1/s1. The average Bonchev–Trinajstić information content (AvgIpc) is 2.96. The lowest BCUT2D eigenvalue weighted by atomic mass is 10.1. The third-order valence-corrected chi connectivity index (χ3v) is 4.18. The second-order valence-electron chi connectivity index (χ2n) is 5.79. The van der Waals surface area contributed by atoms with Gasteiger partial charge in [-0.15, -0.1) is 0 Å². The van der Waals surface area contributed by atoms with E-state index in [9.17, 15) is 13.2 Å². The van der Waals surface area contributed by atoms with Crippen LogP contribution in [0.3, 0.4) is 0 Å². The first-order valence-corrected chi connectivity index (χ1v) is 9.65. The van der Waals surface area contributed by atoms with Crippen molar-refractivity contribution in [1.82, 2.24) is 20.5 Å². The van der Waals surface area contributed by atoms with Gasteiger partial charge in [0.15, 0.2) is 5.82 Å². The number of fused-ring (bicyclic) bond motifs is 1. The molecule has 1 aromatic carbocycles. The second-order valence-corrected chi connectivity index (χ2v) is 7.54. The summed E-state index contributed by atoms with van der Waals surface area (Å²) in [7, 11) is -3.45. The van der Waals surface area contributed by atoms with Crippen LogP contribution >= 0.6 is 0 Å². The summed E-state index contributed by atoms with van der Waals surface area (Å²) in [6.45, 7) is 1.88. The molecule has 3 aromatic rings. The van der Waals surface area contributed by atoms with Gasteiger partial charge in [-0.05, 0) is 12.5 Å². The van der Waals surface area contributed by atoms with Crippen LogP contribution in [0.4, 0.5) is 16.4 Å². The minimum Gasteiger partial charge on any atom is -0.331 e. The maximum atomic E-state index is 12.1. The molecular formula is C16H18N6O3S. The molecule has 4 N–H and O–H groups in total. The highest BCUT2D eigenvalue weighted by Crippen LogP contribution is 2.22. The Morgan fingerprint density at radius 2 is 1.96 bits per heavy atom. The van der Waals surface area contributed by atoms with Crippen LogP contribution in [-0.4, -0.2) is 35.9 Å². The molecule has 0 aliphatic rings. The number of aromatic nitrogens is 3. The first-order chi connectivity index (χ1) is 12.3. The number of amides is 2. The number of hydrogen-bond donors (Lipinski definition) is 4. The predicted molar refractivity (Wildman–Crippen MR) is 99.4 cm³/mol. The van der Waals surface area contributed by atoms with Crippen molar-refractivity contribution in [3.63, 3.8) is 0 Å². The van der Waals surface area contributed by atoms with Gasteiger partial charge in [0.1, 0.15) is 5.82 Å². The van der Waals surface area contributed by atoms with Crippen LogP contribution < -0.4 is 15.4 Å². The van der Waals surface area contributed by atoms with E-state index >= 15 is 0 Å². The molecule has 0 saturated heterocycles. The van der Waals surface area contributed by atoms with Gasteiger partial charge in [0.2, 0.25) is 10.0 Å². The molecule has 9 nitrogen and oxygen atoms in total. The largest absolute Gasteiger partial charge is 0.331 e. The first kappa shape index (κ1) is 17.7. The van der Waals surface area contributed by atoms with Crippen molar-refractivity contribution >= 4 is 38.6 Å².